The quantitative estimate of drug-likeness (QED) is 0.811. The standard InChI is InChI=1S/C16H20ClN3O/c1-21-15-5-4-12-16(19-15)20(14(18-12)6-7-17)13-9-10-2-3-11(13)8-10/h4-5,10-11,13H,2-3,6-9H2,1H3. The fraction of sp³-hybridized carbons (Fsp3) is 0.625. The van der Waals surface area contributed by atoms with E-state index in [-0.39, 0.29) is 0 Å². The largest absolute Gasteiger partial charge is 0.481 e. The van der Waals surface area contributed by atoms with Gasteiger partial charge >= 0.3 is 0 Å². The van der Waals surface area contributed by atoms with Crippen molar-refractivity contribution < 1.29 is 4.74 Å². The summed E-state index contributed by atoms with van der Waals surface area (Å²) < 4.78 is 7.66. The number of imidazole rings is 1. The zero-order valence-corrected chi connectivity index (χ0v) is 13.0. The lowest BCUT2D eigenvalue weighted by Gasteiger charge is -2.25. The van der Waals surface area contributed by atoms with Gasteiger partial charge in [0, 0.05) is 24.4 Å². The van der Waals surface area contributed by atoms with Gasteiger partial charge in [-0.05, 0) is 37.2 Å². The van der Waals surface area contributed by atoms with Gasteiger partial charge in [0.1, 0.15) is 11.3 Å². The Kier molecular flexibility index (Phi) is 3.29. The van der Waals surface area contributed by atoms with Crippen molar-refractivity contribution in [1.82, 2.24) is 14.5 Å². The van der Waals surface area contributed by atoms with Crippen LogP contribution in [0.5, 0.6) is 5.88 Å². The summed E-state index contributed by atoms with van der Waals surface area (Å²) in [7, 11) is 1.66. The Bertz CT molecular complexity index is 669. The number of fused-ring (bicyclic) bond motifs is 3. The molecule has 0 amide bonds. The molecular weight excluding hydrogens is 286 g/mol. The minimum absolute atomic E-state index is 0.548. The molecule has 2 saturated carbocycles. The van der Waals surface area contributed by atoms with Crippen molar-refractivity contribution in [2.24, 2.45) is 11.8 Å². The molecule has 2 aliphatic carbocycles. The smallest absolute Gasteiger partial charge is 0.215 e. The van der Waals surface area contributed by atoms with Crippen molar-refractivity contribution in [3.05, 3.63) is 18.0 Å². The molecule has 0 radical (unpaired) electrons. The van der Waals surface area contributed by atoms with E-state index < -0.39 is 0 Å². The summed E-state index contributed by atoms with van der Waals surface area (Å²) in [6, 6.07) is 4.43. The minimum Gasteiger partial charge on any atom is -0.481 e. The average Bonchev–Trinajstić information content (AvgIpc) is 3.19. The van der Waals surface area contributed by atoms with Crippen LogP contribution in [-0.4, -0.2) is 27.5 Å². The third kappa shape index (κ3) is 2.11. The monoisotopic (exact) mass is 305 g/mol. The van der Waals surface area contributed by atoms with E-state index in [1.54, 1.807) is 7.11 Å². The second-order valence-electron chi connectivity index (χ2n) is 6.28. The SMILES string of the molecule is COc1ccc2nc(CCCl)n(C3CC4CCC3C4)c2n1. The van der Waals surface area contributed by atoms with Crippen LogP contribution < -0.4 is 4.74 Å². The predicted molar refractivity (Wildman–Crippen MR) is 83.0 cm³/mol. The first-order valence-electron chi connectivity index (χ1n) is 7.78. The molecule has 2 aromatic heterocycles. The van der Waals surface area contributed by atoms with Crippen LogP contribution >= 0.6 is 11.6 Å². The number of pyridine rings is 1. The molecule has 112 valence electrons. The molecule has 21 heavy (non-hydrogen) atoms. The number of hydrogen-bond donors (Lipinski definition) is 0. The van der Waals surface area contributed by atoms with Gasteiger partial charge in [-0.3, -0.25) is 0 Å². The Morgan fingerprint density at radius 1 is 1.29 bits per heavy atom. The summed E-state index contributed by atoms with van der Waals surface area (Å²) in [5, 5.41) is 0. The highest BCUT2D eigenvalue weighted by Gasteiger charge is 2.41. The van der Waals surface area contributed by atoms with Crippen LogP contribution in [0.25, 0.3) is 11.2 Å². The molecule has 4 rings (SSSR count). The van der Waals surface area contributed by atoms with Gasteiger partial charge in [0.15, 0.2) is 5.65 Å². The highest BCUT2D eigenvalue weighted by molar-refractivity contribution is 6.17. The van der Waals surface area contributed by atoms with E-state index in [0.29, 0.717) is 17.8 Å². The van der Waals surface area contributed by atoms with Crippen molar-refractivity contribution in [3.8, 4) is 5.88 Å². The Hall–Kier alpha value is -1.29. The van der Waals surface area contributed by atoms with Gasteiger partial charge in [-0.1, -0.05) is 6.42 Å². The van der Waals surface area contributed by atoms with Crippen LogP contribution in [-0.2, 0) is 6.42 Å². The second kappa shape index (κ2) is 5.16. The van der Waals surface area contributed by atoms with Crippen molar-refractivity contribution in [2.75, 3.05) is 13.0 Å². The number of aryl methyl sites for hydroxylation is 1. The maximum Gasteiger partial charge on any atom is 0.215 e. The van der Waals surface area contributed by atoms with E-state index in [4.69, 9.17) is 21.3 Å². The lowest BCUT2D eigenvalue weighted by atomic mass is 9.95. The van der Waals surface area contributed by atoms with Crippen LogP contribution in [0.15, 0.2) is 12.1 Å². The van der Waals surface area contributed by atoms with Crippen molar-refractivity contribution >= 4 is 22.8 Å². The van der Waals surface area contributed by atoms with E-state index in [0.717, 1.165) is 35.2 Å². The molecule has 3 unspecified atom stereocenters. The summed E-state index contributed by atoms with van der Waals surface area (Å²) in [6.07, 6.45) is 6.18. The van der Waals surface area contributed by atoms with Gasteiger partial charge in [0.25, 0.3) is 0 Å². The molecule has 3 atom stereocenters. The third-order valence-corrected chi connectivity index (χ3v) is 5.33. The van der Waals surface area contributed by atoms with Crippen molar-refractivity contribution in [1.29, 1.82) is 0 Å². The Labute approximate surface area is 129 Å². The lowest BCUT2D eigenvalue weighted by Crippen LogP contribution is -2.19. The number of hydrogen-bond acceptors (Lipinski definition) is 3. The van der Waals surface area contributed by atoms with Gasteiger partial charge in [-0.2, -0.15) is 4.98 Å². The molecule has 2 bridgehead atoms. The number of rotatable bonds is 4. The van der Waals surface area contributed by atoms with E-state index in [2.05, 4.69) is 9.55 Å². The number of alkyl halides is 1. The second-order valence-corrected chi connectivity index (χ2v) is 6.65. The van der Waals surface area contributed by atoms with Gasteiger partial charge < -0.3 is 9.30 Å². The van der Waals surface area contributed by atoms with E-state index in [9.17, 15) is 0 Å². The molecule has 2 aromatic rings. The molecule has 5 heteroatoms. The van der Waals surface area contributed by atoms with Crippen LogP contribution in [0.4, 0.5) is 0 Å². The molecular formula is C16H20ClN3O. The normalized spacial score (nSPS) is 27.6. The Balaban J connectivity index is 1.85. The fourth-order valence-electron chi connectivity index (χ4n) is 4.25. The number of ether oxygens (including phenoxy) is 1. The van der Waals surface area contributed by atoms with Gasteiger partial charge in [0.2, 0.25) is 5.88 Å². The first-order chi connectivity index (χ1) is 10.3. The number of halogens is 1. The summed E-state index contributed by atoms with van der Waals surface area (Å²) in [4.78, 5) is 9.43. The highest BCUT2D eigenvalue weighted by Crippen LogP contribution is 2.51. The van der Waals surface area contributed by atoms with Gasteiger partial charge in [-0.15, -0.1) is 11.6 Å². The van der Waals surface area contributed by atoms with Crippen LogP contribution in [0.2, 0.25) is 0 Å². The van der Waals surface area contributed by atoms with Gasteiger partial charge in [0.05, 0.1) is 7.11 Å². The topological polar surface area (TPSA) is 39.9 Å². The predicted octanol–water partition coefficient (Wildman–Crippen LogP) is 3.58. The number of methoxy groups -OCH3 is 1. The third-order valence-electron chi connectivity index (χ3n) is 5.14. The highest BCUT2D eigenvalue weighted by atomic mass is 35.5. The fourth-order valence-corrected chi connectivity index (χ4v) is 4.42. The van der Waals surface area contributed by atoms with E-state index in [1.807, 2.05) is 12.1 Å². The Morgan fingerprint density at radius 2 is 2.19 bits per heavy atom. The first-order valence-corrected chi connectivity index (χ1v) is 8.31. The maximum atomic E-state index is 5.98. The zero-order chi connectivity index (χ0) is 14.4. The molecule has 0 N–H and O–H groups in total. The van der Waals surface area contributed by atoms with Crippen molar-refractivity contribution in [3.63, 3.8) is 0 Å². The van der Waals surface area contributed by atoms with Gasteiger partial charge in [-0.25, -0.2) is 4.98 Å². The molecule has 0 spiro atoms. The van der Waals surface area contributed by atoms with Crippen LogP contribution in [0.1, 0.15) is 37.5 Å². The zero-order valence-electron chi connectivity index (χ0n) is 12.3. The van der Waals surface area contributed by atoms with Crippen LogP contribution in [0.3, 0.4) is 0 Å². The molecule has 2 fully saturated rings. The lowest BCUT2D eigenvalue weighted by molar-refractivity contribution is 0.327. The van der Waals surface area contributed by atoms with Crippen LogP contribution in [0, 0.1) is 11.8 Å². The summed E-state index contributed by atoms with van der Waals surface area (Å²) >= 11 is 5.98. The summed E-state index contributed by atoms with van der Waals surface area (Å²) in [5.74, 6) is 4.02. The minimum atomic E-state index is 0.548. The molecule has 0 aliphatic heterocycles. The van der Waals surface area contributed by atoms with E-state index in [1.165, 1.54) is 25.7 Å². The molecule has 2 aliphatic rings. The molecule has 0 saturated heterocycles. The van der Waals surface area contributed by atoms with E-state index >= 15 is 0 Å². The molecule has 4 nitrogen and oxygen atoms in total. The first kappa shape index (κ1) is 13.4. The average molecular weight is 306 g/mol. The van der Waals surface area contributed by atoms with Crippen molar-refractivity contribution in [2.45, 2.75) is 38.1 Å². The molecule has 0 aromatic carbocycles. The number of aromatic nitrogens is 3. The molecule has 2 heterocycles. The summed E-state index contributed by atoms with van der Waals surface area (Å²) in [5.41, 5.74) is 1.92. The Morgan fingerprint density at radius 3 is 2.86 bits per heavy atom. The number of nitrogens with zero attached hydrogens (tertiary/aromatic N) is 3. The summed E-state index contributed by atoms with van der Waals surface area (Å²) in [6.45, 7) is 0. The maximum absolute atomic E-state index is 5.98.